The highest BCUT2D eigenvalue weighted by atomic mass is 16.6. The predicted octanol–water partition coefficient (Wildman–Crippen LogP) is 1.35. The maximum Gasteiger partial charge on any atom is 0.264 e. The molecule has 2 atom stereocenters. The van der Waals surface area contributed by atoms with E-state index in [0.29, 0.717) is 30.2 Å². The molecule has 1 aromatic carbocycles. The van der Waals surface area contributed by atoms with Gasteiger partial charge in [-0.3, -0.25) is 4.79 Å². The first-order chi connectivity index (χ1) is 11.1. The van der Waals surface area contributed by atoms with Crippen LogP contribution in [0.25, 0.3) is 0 Å². The van der Waals surface area contributed by atoms with Gasteiger partial charge in [0.25, 0.3) is 5.91 Å². The Bertz CT molecular complexity index is 588. The molecule has 0 unspecified atom stereocenters. The molecule has 1 aliphatic heterocycles. The molecule has 0 saturated carbocycles. The number of benzene rings is 1. The molecule has 7 heteroatoms. The fourth-order valence-electron chi connectivity index (χ4n) is 2.34. The maximum absolute atomic E-state index is 12.2. The number of nitrogens with one attached hydrogen (secondary N) is 1. The number of methoxy groups -OCH3 is 3. The Morgan fingerprint density at radius 1 is 1.39 bits per heavy atom. The molecule has 0 aromatic heterocycles. The van der Waals surface area contributed by atoms with Crippen molar-refractivity contribution in [3.8, 4) is 11.5 Å². The minimum atomic E-state index is -0.653. The number of hydrogen-bond acceptors (Lipinski definition) is 6. The molecule has 2 rings (SSSR count). The van der Waals surface area contributed by atoms with Gasteiger partial charge in [-0.2, -0.15) is 0 Å². The molecular weight excluding hydrogens is 300 g/mol. The summed E-state index contributed by atoms with van der Waals surface area (Å²) in [6.45, 7) is 2.30. The third-order valence-corrected chi connectivity index (χ3v) is 3.48. The summed E-state index contributed by atoms with van der Waals surface area (Å²) < 4.78 is 15.6. The largest absolute Gasteiger partial charge is 0.497 e. The number of hydrogen-bond donors (Lipinski definition) is 1. The number of nitrogens with zero attached hydrogens (tertiary/aromatic N) is 1. The molecule has 0 fully saturated rings. The van der Waals surface area contributed by atoms with Crippen LogP contribution in [0.2, 0.25) is 0 Å². The summed E-state index contributed by atoms with van der Waals surface area (Å²) in [6, 6.07) is 5.32. The first kappa shape index (κ1) is 17.1. The maximum atomic E-state index is 12.2. The zero-order valence-corrected chi connectivity index (χ0v) is 13.8. The second-order valence-corrected chi connectivity index (χ2v) is 5.27. The van der Waals surface area contributed by atoms with Crippen molar-refractivity contribution in [2.24, 2.45) is 5.16 Å². The molecular formula is C16H22N2O5. The van der Waals surface area contributed by atoms with Crippen molar-refractivity contribution in [3.63, 3.8) is 0 Å². The minimum absolute atomic E-state index is 0.0912. The number of rotatable bonds is 7. The Morgan fingerprint density at radius 2 is 2.17 bits per heavy atom. The minimum Gasteiger partial charge on any atom is -0.497 e. The van der Waals surface area contributed by atoms with Crippen LogP contribution in [0.3, 0.4) is 0 Å². The second-order valence-electron chi connectivity index (χ2n) is 5.27. The lowest BCUT2D eigenvalue weighted by atomic mass is 10.0. The summed E-state index contributed by atoms with van der Waals surface area (Å²) >= 11 is 0. The van der Waals surface area contributed by atoms with Gasteiger partial charge >= 0.3 is 0 Å². The summed E-state index contributed by atoms with van der Waals surface area (Å²) in [6.07, 6.45) is -0.282. The Hall–Kier alpha value is -2.28. The van der Waals surface area contributed by atoms with Crippen LogP contribution < -0.4 is 14.8 Å². The lowest BCUT2D eigenvalue weighted by Crippen LogP contribution is -2.42. The Kier molecular flexibility index (Phi) is 5.81. The molecule has 0 radical (unpaired) electrons. The fourth-order valence-corrected chi connectivity index (χ4v) is 2.34. The summed E-state index contributed by atoms with van der Waals surface area (Å²) in [5, 5.41) is 6.86. The van der Waals surface area contributed by atoms with Crippen molar-refractivity contribution in [1.82, 2.24) is 5.32 Å². The fraction of sp³-hybridized carbons (Fsp3) is 0.500. The molecule has 1 amide bonds. The Morgan fingerprint density at radius 3 is 2.83 bits per heavy atom. The van der Waals surface area contributed by atoms with Crippen LogP contribution in [-0.2, 0) is 14.4 Å². The van der Waals surface area contributed by atoms with E-state index in [9.17, 15) is 4.79 Å². The molecule has 0 saturated heterocycles. The molecule has 126 valence electrons. The van der Waals surface area contributed by atoms with Gasteiger partial charge in [0.15, 0.2) is 0 Å². The van der Waals surface area contributed by atoms with E-state index in [0.717, 1.165) is 5.56 Å². The van der Waals surface area contributed by atoms with E-state index in [1.165, 1.54) is 0 Å². The molecule has 1 N–H and O–H groups in total. The zero-order chi connectivity index (χ0) is 16.8. The van der Waals surface area contributed by atoms with Gasteiger partial charge in [0.2, 0.25) is 6.10 Å². The molecule has 1 aliphatic rings. The van der Waals surface area contributed by atoms with Crippen LogP contribution in [0.1, 0.15) is 18.9 Å². The summed E-state index contributed by atoms with van der Waals surface area (Å²) in [4.78, 5) is 17.4. The van der Waals surface area contributed by atoms with Crippen molar-refractivity contribution in [3.05, 3.63) is 23.8 Å². The number of amides is 1. The highest BCUT2D eigenvalue weighted by molar-refractivity contribution is 6.06. The van der Waals surface area contributed by atoms with Crippen LogP contribution in [-0.4, -0.2) is 51.7 Å². The second kappa shape index (κ2) is 7.82. The predicted molar refractivity (Wildman–Crippen MR) is 85.1 cm³/mol. The smallest absolute Gasteiger partial charge is 0.264 e. The zero-order valence-electron chi connectivity index (χ0n) is 13.8. The molecule has 0 spiro atoms. The average Bonchev–Trinajstić information content (AvgIpc) is 3.04. The standard InChI is InChI=1S/C16H22N2O5/c1-10(9-20-2)17-16(19)15-8-13(18-23-15)12-7-11(21-3)5-6-14(12)22-4/h5-7,10,15H,8-9H2,1-4H3,(H,17,19)/t10-,15-/m1/s1. The van der Waals surface area contributed by atoms with Gasteiger partial charge in [0, 0.05) is 25.1 Å². The first-order valence-corrected chi connectivity index (χ1v) is 7.33. The monoisotopic (exact) mass is 322 g/mol. The van der Waals surface area contributed by atoms with E-state index in [1.807, 2.05) is 13.0 Å². The van der Waals surface area contributed by atoms with Gasteiger partial charge in [0.1, 0.15) is 11.5 Å². The van der Waals surface area contributed by atoms with E-state index >= 15 is 0 Å². The molecule has 1 heterocycles. The van der Waals surface area contributed by atoms with Crippen molar-refractivity contribution in [2.75, 3.05) is 27.9 Å². The van der Waals surface area contributed by atoms with Gasteiger partial charge in [-0.1, -0.05) is 5.16 Å². The molecule has 0 bridgehead atoms. The van der Waals surface area contributed by atoms with E-state index in [4.69, 9.17) is 19.0 Å². The number of oxime groups is 1. The van der Waals surface area contributed by atoms with Crippen molar-refractivity contribution < 1.29 is 23.8 Å². The van der Waals surface area contributed by atoms with E-state index in [-0.39, 0.29) is 11.9 Å². The quantitative estimate of drug-likeness (QED) is 0.820. The van der Waals surface area contributed by atoms with Crippen molar-refractivity contribution in [1.29, 1.82) is 0 Å². The first-order valence-electron chi connectivity index (χ1n) is 7.33. The topological polar surface area (TPSA) is 78.4 Å². The number of ether oxygens (including phenoxy) is 3. The molecule has 1 aromatic rings. The average molecular weight is 322 g/mol. The Labute approximate surface area is 135 Å². The van der Waals surface area contributed by atoms with Gasteiger partial charge < -0.3 is 24.4 Å². The normalized spacial score (nSPS) is 17.9. The highest BCUT2D eigenvalue weighted by Crippen LogP contribution is 2.28. The third-order valence-electron chi connectivity index (χ3n) is 3.48. The van der Waals surface area contributed by atoms with Crippen molar-refractivity contribution >= 4 is 11.6 Å². The van der Waals surface area contributed by atoms with E-state index in [2.05, 4.69) is 10.5 Å². The number of carbonyl (C=O) groups excluding carboxylic acids is 1. The van der Waals surface area contributed by atoms with Crippen LogP contribution >= 0.6 is 0 Å². The highest BCUT2D eigenvalue weighted by Gasteiger charge is 2.31. The summed E-state index contributed by atoms with van der Waals surface area (Å²) in [7, 11) is 4.76. The van der Waals surface area contributed by atoms with Gasteiger partial charge in [0.05, 0.1) is 26.5 Å². The van der Waals surface area contributed by atoms with Gasteiger partial charge in [-0.15, -0.1) is 0 Å². The third kappa shape index (κ3) is 4.13. The SMILES string of the molecule is COC[C@@H](C)NC(=O)[C@H]1CC(c2cc(OC)ccc2OC)=NO1. The van der Waals surface area contributed by atoms with Crippen LogP contribution in [0.4, 0.5) is 0 Å². The molecule has 0 aliphatic carbocycles. The van der Waals surface area contributed by atoms with Crippen LogP contribution in [0.5, 0.6) is 11.5 Å². The van der Waals surface area contributed by atoms with E-state index < -0.39 is 6.10 Å². The van der Waals surface area contributed by atoms with Gasteiger partial charge in [-0.05, 0) is 25.1 Å². The summed E-state index contributed by atoms with van der Waals surface area (Å²) in [5.74, 6) is 1.13. The van der Waals surface area contributed by atoms with Crippen molar-refractivity contribution in [2.45, 2.75) is 25.5 Å². The van der Waals surface area contributed by atoms with Crippen LogP contribution in [0, 0.1) is 0 Å². The molecule has 7 nitrogen and oxygen atoms in total. The van der Waals surface area contributed by atoms with E-state index in [1.54, 1.807) is 33.5 Å². The number of carbonyl (C=O) groups is 1. The lowest BCUT2D eigenvalue weighted by molar-refractivity contribution is -0.132. The molecule has 23 heavy (non-hydrogen) atoms. The summed E-state index contributed by atoms with van der Waals surface area (Å²) in [5.41, 5.74) is 1.41. The Balaban J connectivity index is 2.06. The lowest BCUT2D eigenvalue weighted by Gasteiger charge is -2.15. The van der Waals surface area contributed by atoms with Crippen LogP contribution in [0.15, 0.2) is 23.4 Å². The van der Waals surface area contributed by atoms with Gasteiger partial charge in [-0.25, -0.2) is 0 Å².